The lowest BCUT2D eigenvalue weighted by Crippen LogP contribution is -2.35. The van der Waals surface area contributed by atoms with Gasteiger partial charge in [0.15, 0.2) is 0 Å². The van der Waals surface area contributed by atoms with E-state index in [4.69, 9.17) is 0 Å². The molecule has 0 radical (unpaired) electrons. The first-order chi connectivity index (χ1) is 9.15. The summed E-state index contributed by atoms with van der Waals surface area (Å²) < 4.78 is 0. The van der Waals surface area contributed by atoms with Gasteiger partial charge in [-0.15, -0.1) is 0 Å². The van der Waals surface area contributed by atoms with Crippen LogP contribution in [0.2, 0.25) is 0 Å². The third kappa shape index (κ3) is 3.63. The molecule has 2 N–H and O–H groups in total. The number of aliphatic hydroxyl groups is 1. The van der Waals surface area contributed by atoms with Gasteiger partial charge in [0.25, 0.3) is 0 Å². The van der Waals surface area contributed by atoms with Crippen molar-refractivity contribution in [2.24, 2.45) is 5.41 Å². The molecule has 0 aromatic heterocycles. The molecule has 0 spiro atoms. The van der Waals surface area contributed by atoms with E-state index in [1.807, 2.05) is 0 Å². The summed E-state index contributed by atoms with van der Waals surface area (Å²) >= 11 is 0. The molecule has 0 atom stereocenters. The summed E-state index contributed by atoms with van der Waals surface area (Å²) in [7, 11) is 4.10. The Bertz CT molecular complexity index is 397. The molecule has 2 rings (SSSR count). The predicted molar refractivity (Wildman–Crippen MR) is 81.9 cm³/mol. The Kier molecular flexibility index (Phi) is 4.70. The van der Waals surface area contributed by atoms with Crippen molar-refractivity contribution in [3.05, 3.63) is 24.3 Å². The minimum Gasteiger partial charge on any atom is -0.396 e. The zero-order chi connectivity index (χ0) is 13.7. The Balaban J connectivity index is 1.99. The fourth-order valence-electron chi connectivity index (χ4n) is 2.88. The van der Waals surface area contributed by atoms with Crippen LogP contribution in [0.5, 0.6) is 0 Å². The Labute approximate surface area is 116 Å². The molecule has 0 aliphatic heterocycles. The van der Waals surface area contributed by atoms with Gasteiger partial charge in [0.1, 0.15) is 0 Å². The molecule has 19 heavy (non-hydrogen) atoms. The van der Waals surface area contributed by atoms with Crippen molar-refractivity contribution in [3.8, 4) is 0 Å². The predicted octanol–water partition coefficient (Wildman–Crippen LogP) is 3.11. The Hall–Kier alpha value is -1.22. The van der Waals surface area contributed by atoms with Crippen LogP contribution in [0.3, 0.4) is 0 Å². The number of hydrogen-bond acceptors (Lipinski definition) is 3. The van der Waals surface area contributed by atoms with E-state index in [1.54, 1.807) is 0 Å². The lowest BCUT2D eigenvalue weighted by Gasteiger charge is -2.36. The highest BCUT2D eigenvalue weighted by molar-refractivity contribution is 5.57. The second-order valence-electron chi connectivity index (χ2n) is 6.02. The van der Waals surface area contributed by atoms with Crippen molar-refractivity contribution in [2.45, 2.75) is 32.1 Å². The van der Waals surface area contributed by atoms with Gasteiger partial charge in [-0.1, -0.05) is 25.3 Å². The van der Waals surface area contributed by atoms with E-state index in [0.29, 0.717) is 6.61 Å². The molecule has 3 nitrogen and oxygen atoms in total. The van der Waals surface area contributed by atoms with Crippen molar-refractivity contribution in [3.63, 3.8) is 0 Å². The molecule has 0 saturated heterocycles. The van der Waals surface area contributed by atoms with Gasteiger partial charge < -0.3 is 15.3 Å². The van der Waals surface area contributed by atoms with Crippen LogP contribution in [0.15, 0.2) is 24.3 Å². The van der Waals surface area contributed by atoms with Gasteiger partial charge in [-0.05, 0) is 31.0 Å². The lowest BCUT2D eigenvalue weighted by atomic mass is 9.74. The molecular formula is C16H26N2O. The molecule has 0 amide bonds. The summed E-state index contributed by atoms with van der Waals surface area (Å²) in [6.45, 7) is 1.17. The van der Waals surface area contributed by atoms with Gasteiger partial charge in [0.05, 0.1) is 6.61 Å². The number of aliphatic hydroxyl groups excluding tert-OH is 1. The van der Waals surface area contributed by atoms with Crippen LogP contribution >= 0.6 is 0 Å². The quantitative estimate of drug-likeness (QED) is 0.856. The molecule has 0 bridgehead atoms. The fourth-order valence-corrected chi connectivity index (χ4v) is 2.88. The maximum atomic E-state index is 9.71. The first-order valence-corrected chi connectivity index (χ1v) is 7.27. The highest BCUT2D eigenvalue weighted by atomic mass is 16.3. The molecule has 0 heterocycles. The third-order valence-electron chi connectivity index (χ3n) is 4.28. The molecule has 1 fully saturated rings. The molecule has 3 heteroatoms. The van der Waals surface area contributed by atoms with Crippen molar-refractivity contribution < 1.29 is 5.11 Å². The maximum absolute atomic E-state index is 9.71. The third-order valence-corrected chi connectivity index (χ3v) is 4.28. The van der Waals surface area contributed by atoms with Gasteiger partial charge in [0, 0.05) is 37.4 Å². The molecule has 1 aliphatic carbocycles. The highest BCUT2D eigenvalue weighted by Crippen LogP contribution is 2.36. The van der Waals surface area contributed by atoms with E-state index in [2.05, 4.69) is 48.6 Å². The molecule has 0 unspecified atom stereocenters. The van der Waals surface area contributed by atoms with E-state index < -0.39 is 0 Å². The number of hydrogen-bond donors (Lipinski definition) is 2. The highest BCUT2D eigenvalue weighted by Gasteiger charge is 2.31. The zero-order valence-electron chi connectivity index (χ0n) is 12.2. The molecule has 1 aliphatic rings. The van der Waals surface area contributed by atoms with Crippen LogP contribution in [0.1, 0.15) is 32.1 Å². The second kappa shape index (κ2) is 6.29. The van der Waals surface area contributed by atoms with Crippen LogP contribution < -0.4 is 10.2 Å². The second-order valence-corrected chi connectivity index (χ2v) is 6.02. The van der Waals surface area contributed by atoms with Gasteiger partial charge in [-0.2, -0.15) is 0 Å². The summed E-state index contributed by atoms with van der Waals surface area (Å²) in [5.41, 5.74) is 2.43. The average Bonchev–Trinajstić information content (AvgIpc) is 2.46. The van der Waals surface area contributed by atoms with Crippen molar-refractivity contribution in [1.29, 1.82) is 0 Å². The van der Waals surface area contributed by atoms with Gasteiger partial charge in [0.2, 0.25) is 0 Å². The first-order valence-electron chi connectivity index (χ1n) is 7.27. The number of rotatable bonds is 5. The molecule has 1 aromatic carbocycles. The lowest BCUT2D eigenvalue weighted by molar-refractivity contribution is 0.0944. The first kappa shape index (κ1) is 14.2. The van der Waals surface area contributed by atoms with Crippen molar-refractivity contribution in [1.82, 2.24) is 0 Å². The monoisotopic (exact) mass is 262 g/mol. The normalized spacial score (nSPS) is 18.1. The Morgan fingerprint density at radius 3 is 2.58 bits per heavy atom. The summed E-state index contributed by atoms with van der Waals surface area (Å²) in [5, 5.41) is 13.2. The van der Waals surface area contributed by atoms with E-state index >= 15 is 0 Å². The summed E-state index contributed by atoms with van der Waals surface area (Å²) in [5.74, 6) is 0. The summed E-state index contributed by atoms with van der Waals surface area (Å²) in [6.07, 6.45) is 6.10. The number of anilines is 2. The van der Waals surface area contributed by atoms with Crippen LogP contribution in [-0.4, -0.2) is 32.4 Å². The van der Waals surface area contributed by atoms with Gasteiger partial charge >= 0.3 is 0 Å². The summed E-state index contributed by atoms with van der Waals surface area (Å²) in [6, 6.07) is 8.44. The van der Waals surface area contributed by atoms with E-state index in [-0.39, 0.29) is 5.41 Å². The van der Waals surface area contributed by atoms with E-state index in [9.17, 15) is 5.11 Å². The van der Waals surface area contributed by atoms with Crippen LogP contribution in [0.4, 0.5) is 11.4 Å². The van der Waals surface area contributed by atoms with Crippen LogP contribution in [0.25, 0.3) is 0 Å². The fraction of sp³-hybridized carbons (Fsp3) is 0.625. The molecule has 106 valence electrons. The topological polar surface area (TPSA) is 35.5 Å². The number of nitrogens with one attached hydrogen (secondary N) is 1. The molecule has 1 saturated carbocycles. The number of benzene rings is 1. The summed E-state index contributed by atoms with van der Waals surface area (Å²) in [4.78, 5) is 2.10. The molecule has 1 aromatic rings. The minimum atomic E-state index is 0.0897. The van der Waals surface area contributed by atoms with Crippen molar-refractivity contribution >= 4 is 11.4 Å². The zero-order valence-corrected chi connectivity index (χ0v) is 12.2. The maximum Gasteiger partial charge on any atom is 0.0504 e. The van der Waals surface area contributed by atoms with Gasteiger partial charge in [-0.3, -0.25) is 0 Å². The Morgan fingerprint density at radius 1 is 1.21 bits per heavy atom. The van der Waals surface area contributed by atoms with Crippen LogP contribution in [-0.2, 0) is 0 Å². The van der Waals surface area contributed by atoms with Crippen LogP contribution in [0, 0.1) is 5.41 Å². The van der Waals surface area contributed by atoms with E-state index in [1.165, 1.54) is 24.9 Å². The minimum absolute atomic E-state index is 0.0897. The standard InChI is InChI=1S/C16H26N2O/c1-18(2)15-8-6-7-14(11-15)17-12-16(13-19)9-4-3-5-10-16/h6-8,11,17,19H,3-5,9-10,12-13H2,1-2H3. The van der Waals surface area contributed by atoms with E-state index in [0.717, 1.165) is 25.1 Å². The molecular weight excluding hydrogens is 236 g/mol. The largest absolute Gasteiger partial charge is 0.396 e. The average molecular weight is 262 g/mol. The smallest absolute Gasteiger partial charge is 0.0504 e. The Morgan fingerprint density at radius 2 is 1.95 bits per heavy atom. The van der Waals surface area contributed by atoms with Crippen molar-refractivity contribution in [2.75, 3.05) is 37.5 Å². The van der Waals surface area contributed by atoms with Gasteiger partial charge in [-0.25, -0.2) is 0 Å². The number of nitrogens with zero attached hydrogens (tertiary/aromatic N) is 1. The SMILES string of the molecule is CN(C)c1cccc(NCC2(CO)CCCCC2)c1.